The number of benzene rings is 1. The molecular weight excluding hydrogens is 251 g/mol. The molecule has 0 spiro atoms. The van der Waals surface area contributed by atoms with Gasteiger partial charge in [0, 0.05) is 13.0 Å². The zero-order chi connectivity index (χ0) is 14.0. The Bertz CT molecular complexity index is 580. The molecule has 1 amide bonds. The average Bonchev–Trinajstić information content (AvgIpc) is 2.80. The first kappa shape index (κ1) is 13.0. The fourth-order valence-corrected chi connectivity index (χ4v) is 2.05. The number of rotatable bonds is 2. The van der Waals surface area contributed by atoms with Crippen molar-refractivity contribution in [1.82, 2.24) is 0 Å². The molecule has 0 N–H and O–H groups in total. The van der Waals surface area contributed by atoms with E-state index >= 15 is 0 Å². The molecule has 1 saturated heterocycles. The van der Waals surface area contributed by atoms with Gasteiger partial charge in [-0.05, 0) is 18.2 Å². The van der Waals surface area contributed by atoms with E-state index < -0.39 is 17.7 Å². The van der Waals surface area contributed by atoms with Crippen LogP contribution in [0, 0.1) is 23.1 Å². The van der Waals surface area contributed by atoms with Crippen molar-refractivity contribution < 1.29 is 18.7 Å². The predicted molar refractivity (Wildman–Crippen MR) is 63.6 cm³/mol. The molecule has 1 aromatic rings. The summed E-state index contributed by atoms with van der Waals surface area (Å²) in [5.41, 5.74) is 0.279. The molecule has 1 atom stereocenters. The van der Waals surface area contributed by atoms with Crippen LogP contribution in [-0.2, 0) is 14.3 Å². The van der Waals surface area contributed by atoms with Crippen LogP contribution in [0.15, 0.2) is 18.2 Å². The predicted octanol–water partition coefficient (Wildman–Crippen LogP) is 1.22. The number of hydrogen-bond donors (Lipinski definition) is 0. The fraction of sp³-hybridized carbons (Fsp3) is 0.308. The number of amides is 1. The lowest BCUT2D eigenvalue weighted by Gasteiger charge is -2.17. The normalized spacial score (nSPS) is 18.3. The van der Waals surface area contributed by atoms with E-state index in [1.54, 1.807) is 0 Å². The maximum absolute atomic E-state index is 13.7. The van der Waals surface area contributed by atoms with E-state index in [1.165, 1.54) is 24.1 Å². The maximum atomic E-state index is 13.7. The second kappa shape index (κ2) is 5.06. The second-order valence-electron chi connectivity index (χ2n) is 4.21. The molecule has 1 unspecified atom stereocenters. The van der Waals surface area contributed by atoms with Crippen LogP contribution in [0.25, 0.3) is 0 Å². The average molecular weight is 262 g/mol. The van der Waals surface area contributed by atoms with Gasteiger partial charge in [0.1, 0.15) is 5.82 Å². The number of ether oxygens (including phenoxy) is 1. The number of anilines is 1. The van der Waals surface area contributed by atoms with Crippen molar-refractivity contribution in [2.75, 3.05) is 18.6 Å². The van der Waals surface area contributed by atoms with Gasteiger partial charge in [-0.1, -0.05) is 0 Å². The molecule has 5 nitrogen and oxygen atoms in total. The Balaban J connectivity index is 2.30. The first-order chi connectivity index (χ1) is 9.06. The Morgan fingerprint density at radius 1 is 1.58 bits per heavy atom. The largest absolute Gasteiger partial charge is 0.469 e. The molecule has 1 fully saturated rings. The van der Waals surface area contributed by atoms with Crippen molar-refractivity contribution in [2.24, 2.45) is 5.92 Å². The van der Waals surface area contributed by atoms with Crippen molar-refractivity contribution in [3.05, 3.63) is 29.6 Å². The molecule has 1 aliphatic rings. The summed E-state index contributed by atoms with van der Waals surface area (Å²) in [7, 11) is 1.24. The number of carbonyl (C=O) groups excluding carboxylic acids is 2. The lowest BCUT2D eigenvalue weighted by atomic mass is 10.1. The smallest absolute Gasteiger partial charge is 0.311 e. The van der Waals surface area contributed by atoms with Crippen LogP contribution in [0.5, 0.6) is 0 Å². The van der Waals surface area contributed by atoms with Crippen LogP contribution in [-0.4, -0.2) is 25.5 Å². The molecule has 6 heteroatoms. The number of esters is 1. The fourth-order valence-electron chi connectivity index (χ4n) is 2.05. The highest BCUT2D eigenvalue weighted by molar-refractivity contribution is 5.99. The molecular formula is C13H11FN2O3. The van der Waals surface area contributed by atoms with E-state index in [0.29, 0.717) is 0 Å². The summed E-state index contributed by atoms with van der Waals surface area (Å²) in [5, 5.41) is 8.79. The van der Waals surface area contributed by atoms with Crippen LogP contribution in [0.1, 0.15) is 12.0 Å². The number of carbonyl (C=O) groups is 2. The Labute approximate surface area is 109 Å². The van der Waals surface area contributed by atoms with Crippen LogP contribution in [0.2, 0.25) is 0 Å². The summed E-state index contributed by atoms with van der Waals surface area (Å²) in [5.74, 6) is -2.04. The minimum Gasteiger partial charge on any atom is -0.469 e. The van der Waals surface area contributed by atoms with Crippen molar-refractivity contribution in [1.29, 1.82) is 5.26 Å². The summed E-state index contributed by atoms with van der Waals surface area (Å²) >= 11 is 0. The minimum absolute atomic E-state index is 0.0110. The number of nitriles is 1. The molecule has 1 heterocycles. The van der Waals surface area contributed by atoms with E-state index in [-0.39, 0.29) is 30.1 Å². The molecule has 1 aromatic carbocycles. The monoisotopic (exact) mass is 262 g/mol. The number of nitrogens with zero attached hydrogens (tertiary/aromatic N) is 2. The molecule has 1 aliphatic heterocycles. The lowest BCUT2D eigenvalue weighted by molar-refractivity contribution is -0.145. The van der Waals surface area contributed by atoms with Gasteiger partial charge < -0.3 is 9.64 Å². The Morgan fingerprint density at radius 3 is 2.95 bits per heavy atom. The Kier molecular flexibility index (Phi) is 3.47. The van der Waals surface area contributed by atoms with Gasteiger partial charge in [-0.3, -0.25) is 9.59 Å². The van der Waals surface area contributed by atoms with E-state index in [1.807, 2.05) is 6.07 Å². The highest BCUT2D eigenvalue weighted by Gasteiger charge is 2.36. The van der Waals surface area contributed by atoms with E-state index in [4.69, 9.17) is 5.26 Å². The van der Waals surface area contributed by atoms with E-state index in [9.17, 15) is 14.0 Å². The first-order valence-corrected chi connectivity index (χ1v) is 5.64. The SMILES string of the molecule is COC(=O)C1CC(=O)N(c2cc(C#N)ccc2F)C1. The van der Waals surface area contributed by atoms with Crippen LogP contribution in [0.3, 0.4) is 0 Å². The Morgan fingerprint density at radius 2 is 2.32 bits per heavy atom. The summed E-state index contributed by atoms with van der Waals surface area (Å²) < 4.78 is 18.3. The summed E-state index contributed by atoms with van der Waals surface area (Å²) in [6.07, 6.45) is -0.0110. The molecule has 19 heavy (non-hydrogen) atoms. The van der Waals surface area contributed by atoms with Gasteiger partial charge in [0.25, 0.3) is 0 Å². The zero-order valence-corrected chi connectivity index (χ0v) is 10.2. The number of halogens is 1. The zero-order valence-electron chi connectivity index (χ0n) is 10.2. The van der Waals surface area contributed by atoms with Gasteiger partial charge in [0.15, 0.2) is 0 Å². The van der Waals surface area contributed by atoms with Crippen LogP contribution < -0.4 is 4.90 Å². The topological polar surface area (TPSA) is 70.4 Å². The Hall–Kier alpha value is -2.42. The van der Waals surface area contributed by atoms with Gasteiger partial charge in [-0.25, -0.2) is 4.39 Å². The maximum Gasteiger partial charge on any atom is 0.311 e. The third kappa shape index (κ3) is 2.40. The third-order valence-corrected chi connectivity index (χ3v) is 3.03. The van der Waals surface area contributed by atoms with Crippen LogP contribution >= 0.6 is 0 Å². The quantitative estimate of drug-likeness (QED) is 0.751. The summed E-state index contributed by atoms with van der Waals surface area (Å²) in [6, 6.07) is 5.64. The standard InChI is InChI=1S/C13H11FN2O3/c1-19-13(18)9-5-12(17)16(7-9)11-4-8(6-15)2-3-10(11)14/h2-4,9H,5,7H2,1H3. The van der Waals surface area contributed by atoms with Crippen molar-refractivity contribution in [2.45, 2.75) is 6.42 Å². The van der Waals surface area contributed by atoms with Crippen molar-refractivity contribution in [3.8, 4) is 6.07 Å². The van der Waals surface area contributed by atoms with Gasteiger partial charge in [-0.15, -0.1) is 0 Å². The molecule has 0 radical (unpaired) electrons. The number of hydrogen-bond acceptors (Lipinski definition) is 4. The molecule has 0 saturated carbocycles. The summed E-state index contributed by atoms with van der Waals surface area (Å²) in [4.78, 5) is 24.4. The van der Waals surface area contributed by atoms with Gasteiger partial charge in [0.05, 0.1) is 30.3 Å². The van der Waals surface area contributed by atoms with Crippen LogP contribution in [0.4, 0.5) is 10.1 Å². The minimum atomic E-state index is -0.599. The summed E-state index contributed by atoms with van der Waals surface area (Å²) in [6.45, 7) is 0.0668. The van der Waals surface area contributed by atoms with Crippen molar-refractivity contribution in [3.63, 3.8) is 0 Å². The van der Waals surface area contributed by atoms with Gasteiger partial charge in [0.2, 0.25) is 5.91 Å². The molecule has 2 rings (SSSR count). The van der Waals surface area contributed by atoms with Crippen molar-refractivity contribution >= 4 is 17.6 Å². The van der Waals surface area contributed by atoms with E-state index in [0.717, 1.165) is 6.07 Å². The highest BCUT2D eigenvalue weighted by Crippen LogP contribution is 2.28. The van der Waals surface area contributed by atoms with Gasteiger partial charge >= 0.3 is 5.97 Å². The number of methoxy groups -OCH3 is 1. The van der Waals surface area contributed by atoms with Gasteiger partial charge in [-0.2, -0.15) is 5.26 Å². The lowest BCUT2D eigenvalue weighted by Crippen LogP contribution is -2.27. The molecule has 98 valence electrons. The first-order valence-electron chi connectivity index (χ1n) is 5.64. The molecule has 0 aromatic heterocycles. The molecule has 0 aliphatic carbocycles. The molecule has 0 bridgehead atoms. The highest BCUT2D eigenvalue weighted by atomic mass is 19.1. The second-order valence-corrected chi connectivity index (χ2v) is 4.21. The third-order valence-electron chi connectivity index (χ3n) is 3.03. The van der Waals surface area contributed by atoms with E-state index in [2.05, 4.69) is 4.74 Å².